The van der Waals surface area contributed by atoms with Gasteiger partial charge in [0.1, 0.15) is 23.8 Å². The summed E-state index contributed by atoms with van der Waals surface area (Å²) in [4.78, 5) is 38.6. The third-order valence-corrected chi connectivity index (χ3v) is 9.75. The first kappa shape index (κ1) is 29.1. The minimum Gasteiger partial charge on any atom is -0.361 e. The van der Waals surface area contributed by atoms with E-state index in [-0.39, 0.29) is 18.0 Å². The van der Waals surface area contributed by atoms with Gasteiger partial charge in [-0.05, 0) is 36.9 Å². The molecule has 2 fully saturated rings. The van der Waals surface area contributed by atoms with Crippen LogP contribution in [0.25, 0.3) is 11.2 Å². The number of carbonyl (C=O) groups is 1. The number of anilines is 2. The topological polar surface area (TPSA) is 97.5 Å². The number of nitrogens with zero attached hydrogens (tertiary/aromatic N) is 6. The van der Waals surface area contributed by atoms with Crippen molar-refractivity contribution in [3.63, 3.8) is 0 Å². The Balaban J connectivity index is 1.21. The number of hydrogen-bond acceptors (Lipinski definition) is 6. The third kappa shape index (κ3) is 6.12. The minimum absolute atomic E-state index is 0.114. The van der Waals surface area contributed by atoms with Crippen LogP contribution in [0.2, 0.25) is 25.7 Å². The molecule has 1 saturated carbocycles. The number of hydrogen-bond donors (Lipinski definition) is 1. The second kappa shape index (κ2) is 10.8. The lowest BCUT2D eigenvalue weighted by Crippen LogP contribution is -2.48. The fourth-order valence-electron chi connectivity index (χ4n) is 5.73. The van der Waals surface area contributed by atoms with E-state index < -0.39 is 37.1 Å². The van der Waals surface area contributed by atoms with E-state index in [1.165, 1.54) is 11.9 Å². The number of carbonyl (C=O) groups excluding carboxylic acids is 1. The Morgan fingerprint density at radius 2 is 2.02 bits per heavy atom. The van der Waals surface area contributed by atoms with E-state index >= 15 is 0 Å². The van der Waals surface area contributed by atoms with E-state index in [1.54, 1.807) is 13.2 Å². The van der Waals surface area contributed by atoms with Crippen molar-refractivity contribution in [3.05, 3.63) is 46.6 Å². The van der Waals surface area contributed by atoms with E-state index in [9.17, 15) is 22.8 Å². The van der Waals surface area contributed by atoms with Crippen LogP contribution in [-0.4, -0.2) is 70.4 Å². The quantitative estimate of drug-likeness (QED) is 0.304. The number of fused-ring (bicyclic) bond motifs is 3. The molecule has 0 spiro atoms. The van der Waals surface area contributed by atoms with E-state index in [1.807, 2.05) is 16.8 Å². The number of ether oxygens (including phenoxy) is 1. The summed E-state index contributed by atoms with van der Waals surface area (Å²) < 4.78 is 48.3. The van der Waals surface area contributed by atoms with Gasteiger partial charge in [0.15, 0.2) is 5.65 Å². The van der Waals surface area contributed by atoms with E-state index in [4.69, 9.17) is 9.72 Å². The molecule has 2 aliphatic rings. The molecule has 4 heterocycles. The largest absolute Gasteiger partial charge is 0.417 e. The Labute approximate surface area is 237 Å². The van der Waals surface area contributed by atoms with Crippen LogP contribution in [0.3, 0.4) is 0 Å². The molecule has 1 N–H and O–H groups in total. The highest BCUT2D eigenvalue weighted by atomic mass is 28.3. The molecular weight excluding hydrogens is 555 g/mol. The smallest absolute Gasteiger partial charge is 0.361 e. The van der Waals surface area contributed by atoms with Crippen LogP contribution in [0.4, 0.5) is 29.5 Å². The van der Waals surface area contributed by atoms with Gasteiger partial charge in [-0.2, -0.15) is 13.2 Å². The number of pyridine rings is 1. The Hall–Kier alpha value is -3.39. The summed E-state index contributed by atoms with van der Waals surface area (Å²) in [5.74, 6) is 0.933. The second-order valence-electron chi connectivity index (χ2n) is 12.3. The molecule has 41 heavy (non-hydrogen) atoms. The molecule has 0 unspecified atom stereocenters. The molecule has 1 saturated heterocycles. The third-order valence-electron chi connectivity index (χ3n) is 8.05. The SMILES string of the molecule is CN(C(=O)Nc1cc(C(F)(F)F)cn(C)c1=O)[C@H]1C[C@H]2C[C@@H]1CN2c1cnc2c(ccn2COCC[Si](C)(C)C)n1. The molecular formula is C27H36F3N7O3Si. The lowest BCUT2D eigenvalue weighted by Gasteiger charge is -2.36. The van der Waals surface area contributed by atoms with Gasteiger partial charge in [-0.3, -0.25) is 4.79 Å². The maximum atomic E-state index is 13.2. The lowest BCUT2D eigenvalue weighted by atomic mass is 10.0. The number of aryl methyl sites for hydroxylation is 1. The Bertz CT molecular complexity index is 1500. The van der Waals surface area contributed by atoms with Crippen molar-refractivity contribution in [1.82, 2.24) is 24.0 Å². The maximum Gasteiger partial charge on any atom is 0.417 e. The predicted octanol–water partition coefficient (Wildman–Crippen LogP) is 4.59. The van der Waals surface area contributed by atoms with Gasteiger partial charge in [-0.1, -0.05) is 19.6 Å². The van der Waals surface area contributed by atoms with Crippen LogP contribution in [0.15, 0.2) is 35.5 Å². The normalized spacial score (nSPS) is 20.7. The van der Waals surface area contributed by atoms with Crippen molar-refractivity contribution >= 4 is 36.8 Å². The van der Waals surface area contributed by atoms with Gasteiger partial charge in [0.2, 0.25) is 0 Å². The minimum atomic E-state index is -4.64. The molecule has 5 rings (SSSR count). The highest BCUT2D eigenvalue weighted by Gasteiger charge is 2.47. The van der Waals surface area contributed by atoms with Gasteiger partial charge in [-0.15, -0.1) is 0 Å². The molecule has 10 nitrogen and oxygen atoms in total. The average Bonchev–Trinajstić information content (AvgIpc) is 3.61. The van der Waals surface area contributed by atoms with Gasteiger partial charge in [0.05, 0.1) is 11.8 Å². The summed E-state index contributed by atoms with van der Waals surface area (Å²) in [6.45, 7) is 8.79. The summed E-state index contributed by atoms with van der Waals surface area (Å²) in [5, 5.41) is 2.40. The number of alkyl halides is 3. The van der Waals surface area contributed by atoms with E-state index in [2.05, 4.69) is 34.8 Å². The van der Waals surface area contributed by atoms with Crippen LogP contribution in [0, 0.1) is 5.92 Å². The van der Waals surface area contributed by atoms with Crippen LogP contribution in [0.5, 0.6) is 0 Å². The number of piperidine rings is 1. The van der Waals surface area contributed by atoms with Crippen molar-refractivity contribution in [2.24, 2.45) is 13.0 Å². The lowest BCUT2D eigenvalue weighted by molar-refractivity contribution is -0.138. The van der Waals surface area contributed by atoms with Gasteiger partial charge in [0.25, 0.3) is 5.56 Å². The van der Waals surface area contributed by atoms with Crippen LogP contribution < -0.4 is 15.8 Å². The molecule has 3 aromatic rings. The second-order valence-corrected chi connectivity index (χ2v) is 17.9. The Morgan fingerprint density at radius 3 is 2.68 bits per heavy atom. The van der Waals surface area contributed by atoms with Gasteiger partial charge in [0, 0.05) is 59.8 Å². The average molecular weight is 592 g/mol. The number of urea groups is 1. The van der Waals surface area contributed by atoms with Crippen LogP contribution in [0.1, 0.15) is 18.4 Å². The van der Waals surface area contributed by atoms with Crippen LogP contribution >= 0.6 is 0 Å². The zero-order valence-electron chi connectivity index (χ0n) is 23.9. The standard InChI is InChI=1S/C27H36F3N7O3Si/c1-34-15-18(27(28,29)30)11-21(25(34)38)33-26(39)35(2)22-12-19-10-17(22)14-37(19)23-13-31-24-20(32-23)6-7-36(24)16-40-8-9-41(3,4)5/h6-7,11,13,15,17,19,22H,8-10,12,14,16H2,1-5H3,(H,33,39)/t17-,19-,22+/m1/s1. The zero-order valence-corrected chi connectivity index (χ0v) is 24.9. The van der Waals surface area contributed by atoms with Crippen LogP contribution in [-0.2, 0) is 24.7 Å². The molecule has 2 amide bonds. The monoisotopic (exact) mass is 591 g/mol. The number of halogens is 3. The highest BCUT2D eigenvalue weighted by Crippen LogP contribution is 2.42. The molecule has 3 aromatic heterocycles. The molecule has 1 aliphatic carbocycles. The Morgan fingerprint density at radius 1 is 1.27 bits per heavy atom. The molecule has 1 aliphatic heterocycles. The van der Waals surface area contributed by atoms with Gasteiger partial charge >= 0.3 is 12.2 Å². The van der Waals surface area contributed by atoms with Crippen molar-refractivity contribution < 1.29 is 22.7 Å². The molecule has 2 bridgehead atoms. The molecule has 0 radical (unpaired) electrons. The predicted molar refractivity (Wildman–Crippen MR) is 153 cm³/mol. The number of aromatic nitrogens is 4. The maximum absolute atomic E-state index is 13.2. The van der Waals surface area contributed by atoms with Gasteiger partial charge < -0.3 is 29.0 Å². The van der Waals surface area contributed by atoms with E-state index in [0.29, 0.717) is 32.0 Å². The first-order valence-corrected chi connectivity index (χ1v) is 17.4. The Kier molecular flexibility index (Phi) is 7.66. The fraction of sp³-hybridized carbons (Fsp3) is 0.556. The molecule has 0 aromatic carbocycles. The summed E-state index contributed by atoms with van der Waals surface area (Å²) in [6, 6.07) is 3.14. The summed E-state index contributed by atoms with van der Waals surface area (Å²) in [7, 11) is 1.68. The van der Waals surface area contributed by atoms with E-state index in [0.717, 1.165) is 40.6 Å². The number of rotatable bonds is 8. The zero-order chi connectivity index (χ0) is 29.7. The summed E-state index contributed by atoms with van der Waals surface area (Å²) >= 11 is 0. The molecule has 222 valence electrons. The van der Waals surface area contributed by atoms with Crippen molar-refractivity contribution in [2.75, 3.05) is 30.4 Å². The summed E-state index contributed by atoms with van der Waals surface area (Å²) in [5.41, 5.74) is -0.562. The molecule has 14 heteroatoms. The number of nitrogens with one attached hydrogen (secondary N) is 1. The highest BCUT2D eigenvalue weighted by molar-refractivity contribution is 6.76. The summed E-state index contributed by atoms with van der Waals surface area (Å²) in [6.07, 6.45) is 1.32. The van der Waals surface area contributed by atoms with Gasteiger partial charge in [-0.25, -0.2) is 14.8 Å². The first-order chi connectivity index (χ1) is 19.2. The number of amides is 2. The molecule has 3 atom stereocenters. The first-order valence-electron chi connectivity index (χ1n) is 13.7. The van der Waals surface area contributed by atoms with Crippen molar-refractivity contribution in [2.45, 2.75) is 63.5 Å². The fourth-order valence-corrected chi connectivity index (χ4v) is 6.48. The van der Waals surface area contributed by atoms with Crippen molar-refractivity contribution in [3.8, 4) is 0 Å². The van der Waals surface area contributed by atoms with Crippen molar-refractivity contribution in [1.29, 1.82) is 0 Å².